The smallest absolute Gasteiger partial charge is 0.206 e. The van der Waals surface area contributed by atoms with Crippen molar-refractivity contribution in [1.82, 2.24) is 0 Å². The summed E-state index contributed by atoms with van der Waals surface area (Å²) < 4.78 is 4.62. The van der Waals surface area contributed by atoms with Gasteiger partial charge in [0.15, 0.2) is 0 Å². The summed E-state index contributed by atoms with van der Waals surface area (Å²) in [5, 5.41) is 1.90. The van der Waals surface area contributed by atoms with Gasteiger partial charge in [0.25, 0.3) is 0 Å². The molecule has 0 fully saturated rings. The Kier molecular flexibility index (Phi) is 1.44. The van der Waals surface area contributed by atoms with Crippen LogP contribution in [0.1, 0.15) is 0 Å². The highest BCUT2D eigenvalue weighted by molar-refractivity contribution is 8.02. The number of hydrogen-bond acceptors (Lipinski definition) is 2. The van der Waals surface area contributed by atoms with Gasteiger partial charge in [-0.25, -0.2) is 0 Å². The first-order valence-corrected chi connectivity index (χ1v) is 2.70. The third-order valence-corrected chi connectivity index (χ3v) is 1.03. The van der Waals surface area contributed by atoms with E-state index in [1.807, 2.05) is 5.41 Å². The average molecular weight is 100 g/mol. The van der Waals surface area contributed by atoms with Crippen LogP contribution in [-0.4, -0.2) is 5.75 Å². The van der Waals surface area contributed by atoms with E-state index in [1.165, 1.54) is 0 Å². The normalized spacial score (nSPS) is 20.0. The summed E-state index contributed by atoms with van der Waals surface area (Å²) in [7, 11) is 0. The minimum absolute atomic E-state index is 0.858. The zero-order valence-electron chi connectivity index (χ0n) is 3.18. The van der Waals surface area contributed by atoms with Crippen molar-refractivity contribution in [2.75, 3.05) is 5.75 Å². The summed E-state index contributed by atoms with van der Waals surface area (Å²) in [6, 6.07) is 0. The maximum Gasteiger partial charge on any atom is 0.206 e. The molecule has 1 rings (SSSR count). The molecule has 0 aliphatic carbocycles. The van der Waals surface area contributed by atoms with E-state index in [4.69, 9.17) is 0 Å². The lowest BCUT2D eigenvalue weighted by molar-refractivity contribution is 0.342. The van der Waals surface area contributed by atoms with Crippen molar-refractivity contribution in [2.45, 2.75) is 0 Å². The van der Waals surface area contributed by atoms with E-state index >= 15 is 0 Å². The van der Waals surface area contributed by atoms with E-state index in [0.29, 0.717) is 0 Å². The van der Waals surface area contributed by atoms with Crippen LogP contribution in [0.15, 0.2) is 11.7 Å². The fraction of sp³-hybridized carbons (Fsp3) is 0.250. The molecule has 0 N–H and O–H groups in total. The maximum absolute atomic E-state index is 4.62. The SMILES string of the molecule is [C]1CSC=CO1. The Labute approximate surface area is 41.4 Å². The fourth-order valence-electron chi connectivity index (χ4n) is 0.231. The summed E-state index contributed by atoms with van der Waals surface area (Å²) in [5.74, 6) is 0.858. The molecule has 0 spiro atoms. The zero-order valence-corrected chi connectivity index (χ0v) is 3.99. The quantitative estimate of drug-likeness (QED) is 0.453. The average Bonchev–Trinajstić information content (AvgIpc) is 1.72. The van der Waals surface area contributed by atoms with Crippen molar-refractivity contribution < 1.29 is 4.74 Å². The van der Waals surface area contributed by atoms with Crippen LogP contribution in [0.3, 0.4) is 0 Å². The molecular weight excluding hydrogens is 96.1 g/mol. The Morgan fingerprint density at radius 3 is 3.00 bits per heavy atom. The van der Waals surface area contributed by atoms with E-state index in [1.54, 1.807) is 18.0 Å². The number of ether oxygens (including phenoxy) is 1. The molecule has 32 valence electrons. The molecule has 1 aliphatic heterocycles. The van der Waals surface area contributed by atoms with E-state index in [-0.39, 0.29) is 0 Å². The van der Waals surface area contributed by atoms with Gasteiger partial charge < -0.3 is 4.74 Å². The largest absolute Gasteiger partial charge is 0.485 e. The fourth-order valence-corrected chi connectivity index (χ4v) is 0.598. The number of thioether (sulfide) groups is 1. The molecule has 2 radical (unpaired) electrons. The lowest BCUT2D eigenvalue weighted by Crippen LogP contribution is -1.84. The van der Waals surface area contributed by atoms with Gasteiger partial charge in [-0.15, -0.1) is 11.8 Å². The van der Waals surface area contributed by atoms with Crippen LogP contribution in [0, 0.1) is 6.61 Å². The van der Waals surface area contributed by atoms with Crippen molar-refractivity contribution in [3.05, 3.63) is 18.3 Å². The van der Waals surface area contributed by atoms with Gasteiger partial charge in [-0.3, -0.25) is 0 Å². The number of rotatable bonds is 0. The Balaban J connectivity index is 2.26. The molecule has 6 heavy (non-hydrogen) atoms. The molecule has 0 aromatic rings. The van der Waals surface area contributed by atoms with Crippen LogP contribution >= 0.6 is 11.8 Å². The second-order valence-electron chi connectivity index (χ2n) is 0.845. The molecule has 2 heteroatoms. The summed E-state index contributed by atoms with van der Waals surface area (Å²) >= 11 is 1.68. The first-order valence-electron chi connectivity index (χ1n) is 1.65. The molecule has 1 nitrogen and oxygen atoms in total. The van der Waals surface area contributed by atoms with Gasteiger partial charge >= 0.3 is 0 Å². The van der Waals surface area contributed by atoms with Crippen LogP contribution in [0.25, 0.3) is 0 Å². The van der Waals surface area contributed by atoms with Gasteiger partial charge in [-0.05, 0) is 0 Å². The van der Waals surface area contributed by atoms with Gasteiger partial charge in [0, 0.05) is 11.2 Å². The summed E-state index contributed by atoms with van der Waals surface area (Å²) in [6.07, 6.45) is 1.62. The topological polar surface area (TPSA) is 9.23 Å². The zero-order chi connectivity index (χ0) is 4.24. The standard InChI is InChI=1S/C4H4OS/c1-3-6-4-2-5-1/h1,3H,4H2. The highest BCUT2D eigenvalue weighted by atomic mass is 32.2. The molecular formula is C4H4OS. The lowest BCUT2D eigenvalue weighted by Gasteiger charge is -1.98. The van der Waals surface area contributed by atoms with Gasteiger partial charge in [-0.1, -0.05) is 0 Å². The van der Waals surface area contributed by atoms with E-state index in [9.17, 15) is 0 Å². The van der Waals surface area contributed by atoms with Crippen LogP contribution in [0.4, 0.5) is 0 Å². The third-order valence-electron chi connectivity index (χ3n) is 0.445. The Morgan fingerprint density at radius 2 is 2.83 bits per heavy atom. The van der Waals surface area contributed by atoms with Crippen molar-refractivity contribution in [3.63, 3.8) is 0 Å². The molecule has 0 saturated heterocycles. The van der Waals surface area contributed by atoms with E-state index in [2.05, 4.69) is 11.3 Å². The predicted octanol–water partition coefficient (Wildman–Crippen LogP) is 1.26. The Bertz CT molecular complexity index is 52.6. The molecule has 0 unspecified atom stereocenters. The highest BCUT2D eigenvalue weighted by Crippen LogP contribution is 2.08. The van der Waals surface area contributed by atoms with Gasteiger partial charge in [-0.2, -0.15) is 0 Å². The van der Waals surface area contributed by atoms with Crippen LogP contribution in [-0.2, 0) is 4.74 Å². The summed E-state index contributed by atoms with van der Waals surface area (Å²) in [6.45, 7) is 2.66. The van der Waals surface area contributed by atoms with Crippen LogP contribution < -0.4 is 0 Å². The molecule has 0 saturated carbocycles. The number of hydrogen-bond donors (Lipinski definition) is 0. The molecule has 0 aromatic heterocycles. The van der Waals surface area contributed by atoms with E-state index < -0.39 is 0 Å². The van der Waals surface area contributed by atoms with Crippen molar-refractivity contribution >= 4 is 11.8 Å². The minimum atomic E-state index is 0.858. The molecule has 1 aliphatic rings. The van der Waals surface area contributed by atoms with Crippen molar-refractivity contribution in [1.29, 1.82) is 0 Å². The lowest BCUT2D eigenvalue weighted by atomic mass is 10.8. The monoisotopic (exact) mass is 100.0 g/mol. The summed E-state index contributed by atoms with van der Waals surface area (Å²) in [4.78, 5) is 0. The third kappa shape index (κ3) is 0.937. The van der Waals surface area contributed by atoms with Crippen molar-refractivity contribution in [3.8, 4) is 0 Å². The van der Waals surface area contributed by atoms with E-state index in [0.717, 1.165) is 5.75 Å². The van der Waals surface area contributed by atoms with Gasteiger partial charge in [0.2, 0.25) is 6.61 Å². The summed E-state index contributed by atoms with van der Waals surface area (Å²) in [5.41, 5.74) is 0. The van der Waals surface area contributed by atoms with Crippen LogP contribution in [0.5, 0.6) is 0 Å². The minimum Gasteiger partial charge on any atom is -0.485 e. The first kappa shape index (κ1) is 4.06. The highest BCUT2D eigenvalue weighted by Gasteiger charge is 1.90. The second-order valence-corrected chi connectivity index (χ2v) is 1.74. The van der Waals surface area contributed by atoms with Crippen LogP contribution in [0.2, 0.25) is 0 Å². The maximum atomic E-state index is 4.62. The second kappa shape index (κ2) is 2.13. The Hall–Kier alpha value is -0.110. The van der Waals surface area contributed by atoms with Gasteiger partial charge in [0.1, 0.15) is 0 Å². The molecule has 0 atom stereocenters. The van der Waals surface area contributed by atoms with Gasteiger partial charge in [0.05, 0.1) is 6.26 Å². The molecule has 0 amide bonds. The Morgan fingerprint density at radius 1 is 1.83 bits per heavy atom. The molecule has 0 aromatic carbocycles. The molecule has 1 heterocycles. The van der Waals surface area contributed by atoms with Crippen molar-refractivity contribution in [2.24, 2.45) is 0 Å². The molecule has 0 bridgehead atoms. The predicted molar refractivity (Wildman–Crippen MR) is 25.9 cm³/mol. The first-order chi connectivity index (χ1) is 3.00.